The molecule has 0 spiro atoms. The Morgan fingerprint density at radius 1 is 1.32 bits per heavy atom. The van der Waals surface area contributed by atoms with E-state index in [1.54, 1.807) is 31.2 Å². The number of aromatic nitrogens is 2. The lowest BCUT2D eigenvalue weighted by molar-refractivity contribution is -0.131. The molecule has 0 unspecified atom stereocenters. The van der Waals surface area contributed by atoms with Crippen LogP contribution < -0.4 is 4.74 Å². The van der Waals surface area contributed by atoms with Crippen LogP contribution in [-0.4, -0.2) is 46.1 Å². The average Bonchev–Trinajstić information content (AvgIpc) is 3.24. The first-order chi connectivity index (χ1) is 12.1. The maximum absolute atomic E-state index is 12.8. The van der Waals surface area contributed by atoms with Crippen LogP contribution >= 0.6 is 0 Å². The largest absolute Gasteiger partial charge is 0.496 e. The van der Waals surface area contributed by atoms with Gasteiger partial charge < -0.3 is 9.64 Å². The Morgan fingerprint density at radius 3 is 2.84 bits per heavy atom. The minimum absolute atomic E-state index is 0.0325. The molecule has 0 N–H and O–H groups in total. The molecule has 1 aliphatic heterocycles. The third-order valence-electron chi connectivity index (χ3n) is 4.68. The number of methoxy groups -OCH3 is 1. The molecule has 2 heterocycles. The van der Waals surface area contributed by atoms with Crippen LogP contribution in [0.4, 0.5) is 0 Å². The average molecular weight is 341 g/mol. The number of carbonyl (C=O) groups is 2. The van der Waals surface area contributed by atoms with E-state index in [-0.39, 0.29) is 17.7 Å². The van der Waals surface area contributed by atoms with Gasteiger partial charge >= 0.3 is 0 Å². The van der Waals surface area contributed by atoms with E-state index in [2.05, 4.69) is 5.10 Å². The second-order valence-electron chi connectivity index (χ2n) is 6.40. The summed E-state index contributed by atoms with van der Waals surface area (Å²) in [4.78, 5) is 27.0. The van der Waals surface area contributed by atoms with Crippen LogP contribution in [0.25, 0.3) is 0 Å². The van der Waals surface area contributed by atoms with Crippen molar-refractivity contribution in [3.8, 4) is 5.75 Å². The van der Waals surface area contributed by atoms with Crippen LogP contribution in [0.15, 0.2) is 36.7 Å². The summed E-state index contributed by atoms with van der Waals surface area (Å²) >= 11 is 0. The molecular formula is C19H23N3O3. The summed E-state index contributed by atoms with van der Waals surface area (Å²) in [5, 5.41) is 4.04. The molecule has 1 aromatic heterocycles. The molecule has 1 amide bonds. The molecule has 2 aromatic rings. The van der Waals surface area contributed by atoms with Gasteiger partial charge in [0.1, 0.15) is 5.75 Å². The number of likely N-dealkylation sites (tertiary alicyclic amines) is 1. The van der Waals surface area contributed by atoms with Gasteiger partial charge in [-0.1, -0.05) is 18.2 Å². The highest BCUT2D eigenvalue weighted by molar-refractivity contribution is 5.96. The van der Waals surface area contributed by atoms with E-state index < -0.39 is 0 Å². The minimum Gasteiger partial charge on any atom is -0.496 e. The number of carbonyl (C=O) groups excluding carboxylic acids is 2. The zero-order valence-electron chi connectivity index (χ0n) is 14.6. The summed E-state index contributed by atoms with van der Waals surface area (Å²) in [6, 6.07) is 7.52. The third kappa shape index (κ3) is 3.90. The summed E-state index contributed by atoms with van der Waals surface area (Å²) in [5.41, 5.74) is 1.48. The molecule has 0 radical (unpaired) electrons. The van der Waals surface area contributed by atoms with Crippen molar-refractivity contribution in [1.29, 1.82) is 0 Å². The molecule has 1 aliphatic rings. The molecule has 1 fully saturated rings. The summed E-state index contributed by atoms with van der Waals surface area (Å²) in [6.07, 6.45) is 5.74. The standard InChI is InChI=1S/C19H23N3O3/c1-21-13-15(12-20-21)17(23)11-16-7-5-9-22(16)19(24)10-14-6-3-4-8-18(14)25-2/h3-4,6,8,12-13,16H,5,7,9-11H2,1-2H3/t16-/m1/s1. The Labute approximate surface area is 147 Å². The zero-order chi connectivity index (χ0) is 17.8. The second-order valence-corrected chi connectivity index (χ2v) is 6.40. The number of nitrogens with zero attached hydrogens (tertiary/aromatic N) is 3. The molecular weight excluding hydrogens is 318 g/mol. The fourth-order valence-corrected chi connectivity index (χ4v) is 3.39. The van der Waals surface area contributed by atoms with E-state index in [0.717, 1.165) is 24.2 Å². The van der Waals surface area contributed by atoms with Gasteiger partial charge in [-0.15, -0.1) is 0 Å². The van der Waals surface area contributed by atoms with Crippen LogP contribution in [0.5, 0.6) is 5.75 Å². The highest BCUT2D eigenvalue weighted by Crippen LogP contribution is 2.25. The Bertz CT molecular complexity index is 769. The molecule has 1 aromatic carbocycles. The Kier molecular flexibility index (Phi) is 5.16. The van der Waals surface area contributed by atoms with Crippen molar-refractivity contribution in [3.05, 3.63) is 47.8 Å². The third-order valence-corrected chi connectivity index (χ3v) is 4.68. The topological polar surface area (TPSA) is 64.4 Å². The van der Waals surface area contributed by atoms with E-state index in [9.17, 15) is 9.59 Å². The molecule has 132 valence electrons. The molecule has 3 rings (SSSR count). The van der Waals surface area contributed by atoms with Crippen LogP contribution in [0.3, 0.4) is 0 Å². The van der Waals surface area contributed by atoms with Gasteiger partial charge in [-0.25, -0.2) is 0 Å². The van der Waals surface area contributed by atoms with Gasteiger partial charge in [0.2, 0.25) is 5.91 Å². The van der Waals surface area contributed by atoms with Gasteiger partial charge in [0.05, 0.1) is 25.3 Å². The number of aryl methyl sites for hydroxylation is 1. The van der Waals surface area contributed by atoms with Crippen LogP contribution in [-0.2, 0) is 18.3 Å². The van der Waals surface area contributed by atoms with E-state index >= 15 is 0 Å². The number of benzene rings is 1. The SMILES string of the molecule is COc1ccccc1CC(=O)N1CCC[C@@H]1CC(=O)c1cnn(C)c1. The zero-order valence-corrected chi connectivity index (χ0v) is 14.6. The second kappa shape index (κ2) is 7.51. The number of hydrogen-bond acceptors (Lipinski definition) is 4. The number of para-hydroxylation sites is 1. The molecule has 6 heteroatoms. The number of amides is 1. The van der Waals surface area contributed by atoms with Crippen molar-refractivity contribution in [2.24, 2.45) is 7.05 Å². The lowest BCUT2D eigenvalue weighted by atomic mass is 10.0. The number of hydrogen-bond donors (Lipinski definition) is 0. The van der Waals surface area contributed by atoms with Crippen molar-refractivity contribution in [2.45, 2.75) is 31.7 Å². The minimum atomic E-state index is -0.0325. The highest BCUT2D eigenvalue weighted by atomic mass is 16.5. The summed E-state index contributed by atoms with van der Waals surface area (Å²) in [6.45, 7) is 0.707. The Morgan fingerprint density at radius 2 is 2.12 bits per heavy atom. The molecule has 25 heavy (non-hydrogen) atoms. The van der Waals surface area contributed by atoms with Crippen molar-refractivity contribution < 1.29 is 14.3 Å². The van der Waals surface area contributed by atoms with Crippen LogP contribution in [0, 0.1) is 0 Å². The quantitative estimate of drug-likeness (QED) is 0.756. The van der Waals surface area contributed by atoms with Crippen molar-refractivity contribution in [2.75, 3.05) is 13.7 Å². The fraction of sp³-hybridized carbons (Fsp3) is 0.421. The summed E-state index contributed by atoms with van der Waals surface area (Å²) in [5.74, 6) is 0.805. The Hall–Kier alpha value is -2.63. The summed E-state index contributed by atoms with van der Waals surface area (Å²) < 4.78 is 6.94. The fourth-order valence-electron chi connectivity index (χ4n) is 3.39. The van der Waals surface area contributed by atoms with Gasteiger partial charge in [-0.2, -0.15) is 5.10 Å². The lowest BCUT2D eigenvalue weighted by Gasteiger charge is -2.24. The van der Waals surface area contributed by atoms with E-state index in [4.69, 9.17) is 4.74 Å². The van der Waals surface area contributed by atoms with Crippen molar-refractivity contribution >= 4 is 11.7 Å². The van der Waals surface area contributed by atoms with Crippen LogP contribution in [0.1, 0.15) is 35.2 Å². The normalized spacial score (nSPS) is 16.9. The van der Waals surface area contributed by atoms with Gasteiger partial charge in [-0.3, -0.25) is 14.3 Å². The monoisotopic (exact) mass is 341 g/mol. The first-order valence-corrected chi connectivity index (χ1v) is 8.51. The van der Waals surface area contributed by atoms with Gasteiger partial charge in [0.25, 0.3) is 0 Å². The van der Waals surface area contributed by atoms with Gasteiger partial charge in [0.15, 0.2) is 5.78 Å². The van der Waals surface area contributed by atoms with Crippen LogP contribution in [0.2, 0.25) is 0 Å². The highest BCUT2D eigenvalue weighted by Gasteiger charge is 2.31. The first kappa shape index (κ1) is 17.2. The lowest BCUT2D eigenvalue weighted by Crippen LogP contribution is -2.37. The van der Waals surface area contributed by atoms with Crippen molar-refractivity contribution in [3.63, 3.8) is 0 Å². The van der Waals surface area contributed by atoms with E-state index in [1.807, 2.05) is 29.2 Å². The molecule has 0 aliphatic carbocycles. The van der Waals surface area contributed by atoms with E-state index in [0.29, 0.717) is 24.9 Å². The predicted octanol–water partition coefficient (Wildman–Crippen LogP) is 2.24. The molecule has 1 saturated heterocycles. The number of rotatable bonds is 6. The maximum atomic E-state index is 12.8. The number of Topliss-reactive ketones (excluding diaryl/α,β-unsaturated/α-hetero) is 1. The number of ketones is 1. The predicted molar refractivity (Wildman–Crippen MR) is 93.6 cm³/mol. The molecule has 1 atom stereocenters. The van der Waals surface area contributed by atoms with E-state index in [1.165, 1.54) is 0 Å². The first-order valence-electron chi connectivity index (χ1n) is 8.51. The van der Waals surface area contributed by atoms with Gasteiger partial charge in [0, 0.05) is 37.8 Å². The molecule has 0 bridgehead atoms. The Balaban J connectivity index is 1.66. The molecule has 6 nitrogen and oxygen atoms in total. The molecule has 0 saturated carbocycles. The van der Waals surface area contributed by atoms with Crippen molar-refractivity contribution in [1.82, 2.24) is 14.7 Å². The number of ether oxygens (including phenoxy) is 1. The maximum Gasteiger partial charge on any atom is 0.227 e. The smallest absolute Gasteiger partial charge is 0.227 e. The summed E-state index contributed by atoms with van der Waals surface area (Å²) in [7, 11) is 3.39. The van der Waals surface area contributed by atoms with Gasteiger partial charge in [-0.05, 0) is 18.9 Å².